The van der Waals surface area contributed by atoms with Gasteiger partial charge in [-0.2, -0.15) is 0 Å². The van der Waals surface area contributed by atoms with Gasteiger partial charge in [0.05, 0.1) is 15.7 Å². The summed E-state index contributed by atoms with van der Waals surface area (Å²) in [6.45, 7) is 0. The van der Waals surface area contributed by atoms with E-state index in [9.17, 15) is 10.1 Å². The molecule has 0 atom stereocenters. The fourth-order valence-corrected chi connectivity index (χ4v) is 2.10. The summed E-state index contributed by atoms with van der Waals surface area (Å²) in [5.74, 6) is 0. The molecule has 3 rings (SSSR count). The van der Waals surface area contributed by atoms with Gasteiger partial charge in [0.2, 0.25) is 0 Å². The van der Waals surface area contributed by atoms with Crippen LogP contribution in [-0.4, -0.2) is 10.0 Å². The number of fused-ring (bicyclic) bond motifs is 1. The number of hydrazine groups is 1. The average molecular weight is 273 g/mol. The first-order chi connectivity index (χ1) is 9.25. The van der Waals surface area contributed by atoms with Crippen molar-refractivity contribution >= 4 is 27.2 Å². The molecule has 0 saturated carbocycles. The van der Waals surface area contributed by atoms with E-state index in [0.29, 0.717) is 5.69 Å². The van der Waals surface area contributed by atoms with Crippen LogP contribution in [0.25, 0.3) is 10.2 Å². The highest BCUT2D eigenvalue weighted by Gasteiger charge is 1.93. The molecule has 0 unspecified atom stereocenters. The number of hydrogen-bond acceptors (Lipinski definition) is 4. The Morgan fingerprint density at radius 2 is 1.74 bits per heavy atom. The van der Waals surface area contributed by atoms with Gasteiger partial charge in [0.1, 0.15) is 5.69 Å². The quantitative estimate of drug-likeness (QED) is 0.572. The predicted octanol–water partition coefficient (Wildman–Crippen LogP) is 3.59. The van der Waals surface area contributed by atoms with Crippen molar-refractivity contribution in [3.63, 3.8) is 0 Å². The van der Waals surface area contributed by atoms with Gasteiger partial charge in [-0.3, -0.25) is 0 Å². The number of hydrogen-bond donors (Lipinski definition) is 1. The SMILES string of the molecule is O=[N+]([O-])Nc1ccccc1.c1ccc2scnc2c1. The molecule has 0 aliphatic heterocycles. The van der Waals surface area contributed by atoms with Crippen LogP contribution < -0.4 is 5.43 Å². The fraction of sp³-hybridized carbons (Fsp3) is 0. The second-order valence-electron chi connectivity index (χ2n) is 3.56. The first-order valence-electron chi connectivity index (χ1n) is 5.50. The van der Waals surface area contributed by atoms with Gasteiger partial charge in [0.15, 0.2) is 5.03 Å². The molecule has 0 saturated heterocycles. The number of benzene rings is 2. The van der Waals surface area contributed by atoms with Crippen LogP contribution in [0.1, 0.15) is 0 Å². The van der Waals surface area contributed by atoms with Crippen LogP contribution in [-0.2, 0) is 0 Å². The number of nitrogens with zero attached hydrogens (tertiary/aromatic N) is 2. The Hall–Kier alpha value is -2.47. The smallest absolute Gasteiger partial charge is 0.162 e. The monoisotopic (exact) mass is 273 g/mol. The van der Waals surface area contributed by atoms with Crippen LogP contribution in [0, 0.1) is 10.1 Å². The van der Waals surface area contributed by atoms with E-state index in [1.54, 1.807) is 41.7 Å². The second-order valence-corrected chi connectivity index (χ2v) is 4.44. The van der Waals surface area contributed by atoms with Gasteiger partial charge in [-0.15, -0.1) is 16.8 Å². The zero-order valence-corrected chi connectivity index (χ0v) is 10.7. The van der Waals surface area contributed by atoms with Crippen molar-refractivity contribution in [3.8, 4) is 0 Å². The summed E-state index contributed by atoms with van der Waals surface area (Å²) in [6, 6.07) is 16.6. The molecule has 5 nitrogen and oxygen atoms in total. The lowest BCUT2D eigenvalue weighted by atomic mass is 10.3. The normalized spacial score (nSPS) is 9.47. The van der Waals surface area contributed by atoms with E-state index >= 15 is 0 Å². The Labute approximate surface area is 113 Å². The molecule has 0 aliphatic rings. The Morgan fingerprint density at radius 3 is 2.42 bits per heavy atom. The average Bonchev–Trinajstić information content (AvgIpc) is 2.88. The van der Waals surface area contributed by atoms with Gasteiger partial charge in [-0.1, -0.05) is 30.3 Å². The predicted molar refractivity (Wildman–Crippen MR) is 76.7 cm³/mol. The van der Waals surface area contributed by atoms with Gasteiger partial charge in [-0.05, 0) is 24.3 Å². The van der Waals surface area contributed by atoms with Crippen molar-refractivity contribution in [2.24, 2.45) is 0 Å². The Kier molecular flexibility index (Phi) is 4.41. The number of para-hydroxylation sites is 2. The topological polar surface area (TPSA) is 68.1 Å². The highest BCUT2D eigenvalue weighted by Crippen LogP contribution is 2.15. The Bertz CT molecular complexity index is 625. The molecule has 2 aromatic carbocycles. The van der Waals surface area contributed by atoms with Crippen molar-refractivity contribution in [1.82, 2.24) is 4.98 Å². The van der Waals surface area contributed by atoms with Crippen LogP contribution in [0.15, 0.2) is 60.1 Å². The summed E-state index contributed by atoms with van der Waals surface area (Å²) in [5, 5.41) is 9.28. The minimum absolute atomic E-state index is 0.493. The number of nitrogens with one attached hydrogen (secondary N) is 1. The van der Waals surface area contributed by atoms with Crippen molar-refractivity contribution < 1.29 is 5.03 Å². The molecular weight excluding hydrogens is 262 g/mol. The lowest BCUT2D eigenvalue weighted by molar-refractivity contribution is -0.445. The molecule has 1 N–H and O–H groups in total. The van der Waals surface area contributed by atoms with Crippen LogP contribution in [0.4, 0.5) is 5.69 Å². The third-order valence-corrected chi connectivity index (χ3v) is 3.04. The van der Waals surface area contributed by atoms with E-state index in [4.69, 9.17) is 0 Å². The molecular formula is C13H11N3O2S. The van der Waals surface area contributed by atoms with Gasteiger partial charge in [-0.25, -0.2) is 15.1 Å². The standard InChI is InChI=1S/C7H5NS.C6H6N2O2/c1-2-4-7-6(3-1)8-5-9-7;9-8(10)7-6-4-2-1-3-5-6/h1-5H;1-5,7H. The van der Waals surface area contributed by atoms with Gasteiger partial charge < -0.3 is 0 Å². The van der Waals surface area contributed by atoms with Crippen LogP contribution in [0.2, 0.25) is 0 Å². The number of aromatic nitrogens is 1. The summed E-state index contributed by atoms with van der Waals surface area (Å²) in [6.07, 6.45) is 0. The van der Waals surface area contributed by atoms with E-state index in [1.165, 1.54) is 4.70 Å². The van der Waals surface area contributed by atoms with E-state index in [-0.39, 0.29) is 0 Å². The molecule has 0 bridgehead atoms. The Balaban J connectivity index is 0.000000141. The summed E-state index contributed by atoms with van der Waals surface area (Å²) >= 11 is 1.68. The molecule has 0 aliphatic carbocycles. The van der Waals surface area contributed by atoms with Crippen molar-refractivity contribution in [3.05, 3.63) is 70.2 Å². The minimum Gasteiger partial charge on any atom is -0.245 e. The minimum atomic E-state index is -0.588. The summed E-state index contributed by atoms with van der Waals surface area (Å²) in [7, 11) is 0. The second kappa shape index (κ2) is 6.46. The summed E-state index contributed by atoms with van der Waals surface area (Å²) in [4.78, 5) is 14.0. The maximum Gasteiger partial charge on any atom is 0.162 e. The molecule has 0 radical (unpaired) electrons. The van der Waals surface area contributed by atoms with E-state index in [0.717, 1.165) is 5.52 Å². The third-order valence-electron chi connectivity index (χ3n) is 2.23. The van der Waals surface area contributed by atoms with E-state index < -0.39 is 5.03 Å². The van der Waals surface area contributed by atoms with Crippen molar-refractivity contribution in [1.29, 1.82) is 0 Å². The van der Waals surface area contributed by atoms with Crippen LogP contribution in [0.3, 0.4) is 0 Å². The van der Waals surface area contributed by atoms with E-state index in [1.807, 2.05) is 29.1 Å². The molecule has 0 fully saturated rings. The highest BCUT2D eigenvalue weighted by atomic mass is 32.1. The van der Waals surface area contributed by atoms with Crippen LogP contribution in [0.5, 0.6) is 0 Å². The van der Waals surface area contributed by atoms with Gasteiger partial charge >= 0.3 is 0 Å². The fourth-order valence-electron chi connectivity index (χ4n) is 1.42. The molecule has 0 amide bonds. The van der Waals surface area contributed by atoms with Gasteiger partial charge in [0.25, 0.3) is 0 Å². The molecule has 1 aromatic heterocycles. The molecule has 1 heterocycles. The van der Waals surface area contributed by atoms with Crippen molar-refractivity contribution in [2.45, 2.75) is 0 Å². The lowest BCUT2D eigenvalue weighted by Crippen LogP contribution is -2.06. The maximum absolute atomic E-state index is 9.86. The largest absolute Gasteiger partial charge is 0.245 e. The maximum atomic E-state index is 9.86. The summed E-state index contributed by atoms with van der Waals surface area (Å²) in [5.41, 5.74) is 5.49. The first kappa shape index (κ1) is 13.0. The molecule has 3 aromatic rings. The molecule has 19 heavy (non-hydrogen) atoms. The lowest BCUT2D eigenvalue weighted by Gasteiger charge is -1.93. The number of anilines is 1. The van der Waals surface area contributed by atoms with Crippen molar-refractivity contribution in [2.75, 3.05) is 5.43 Å². The van der Waals surface area contributed by atoms with Gasteiger partial charge in [0, 0.05) is 0 Å². The zero-order chi connectivity index (χ0) is 13.5. The first-order valence-corrected chi connectivity index (χ1v) is 6.38. The third kappa shape index (κ3) is 4.04. The number of thiazole rings is 1. The van der Waals surface area contributed by atoms with Crippen LogP contribution >= 0.6 is 11.3 Å². The van der Waals surface area contributed by atoms with E-state index in [2.05, 4.69) is 11.1 Å². The zero-order valence-electron chi connectivity index (χ0n) is 9.89. The highest BCUT2D eigenvalue weighted by molar-refractivity contribution is 7.16. The molecule has 96 valence electrons. The Morgan fingerprint density at radius 1 is 1.05 bits per heavy atom. The number of nitro groups is 1. The molecule has 0 spiro atoms. The summed E-state index contributed by atoms with van der Waals surface area (Å²) < 4.78 is 1.26. The molecule has 6 heteroatoms. The number of rotatable bonds is 2.